The molecule has 1 saturated carbocycles. The standard InChI is InChI=1S/C17H34N2/c1-2-16-8-7-12-19(13-9-16)15-17(14-18)10-5-3-4-6-11-17/h16H,2-15,18H2,1H3. The molecule has 0 bridgehead atoms. The number of likely N-dealkylation sites (tertiary alicyclic amines) is 1. The molecule has 0 aromatic carbocycles. The van der Waals surface area contributed by atoms with Gasteiger partial charge in [0.2, 0.25) is 0 Å². The first kappa shape index (κ1) is 15.3. The highest BCUT2D eigenvalue weighted by Gasteiger charge is 2.32. The highest BCUT2D eigenvalue weighted by atomic mass is 15.1. The minimum atomic E-state index is 0.447. The third-order valence-corrected chi connectivity index (χ3v) is 5.67. The maximum atomic E-state index is 6.19. The Morgan fingerprint density at radius 2 is 1.74 bits per heavy atom. The second kappa shape index (κ2) is 7.64. The van der Waals surface area contributed by atoms with E-state index in [0.29, 0.717) is 5.41 Å². The topological polar surface area (TPSA) is 29.3 Å². The van der Waals surface area contributed by atoms with Crippen LogP contribution >= 0.6 is 0 Å². The van der Waals surface area contributed by atoms with Gasteiger partial charge in [-0.1, -0.05) is 39.0 Å². The van der Waals surface area contributed by atoms with Crippen LogP contribution in [0.1, 0.15) is 71.1 Å². The van der Waals surface area contributed by atoms with E-state index >= 15 is 0 Å². The second-order valence-corrected chi connectivity index (χ2v) is 7.10. The summed E-state index contributed by atoms with van der Waals surface area (Å²) >= 11 is 0. The van der Waals surface area contributed by atoms with Crippen LogP contribution in [0.2, 0.25) is 0 Å². The lowest BCUT2D eigenvalue weighted by atomic mass is 9.80. The van der Waals surface area contributed by atoms with Crippen molar-refractivity contribution >= 4 is 0 Å². The van der Waals surface area contributed by atoms with E-state index in [2.05, 4.69) is 11.8 Å². The highest BCUT2D eigenvalue weighted by Crippen LogP contribution is 2.35. The maximum Gasteiger partial charge on any atom is 0.00501 e. The van der Waals surface area contributed by atoms with Crippen molar-refractivity contribution in [3.8, 4) is 0 Å². The molecule has 0 aromatic rings. The van der Waals surface area contributed by atoms with Crippen molar-refractivity contribution in [3.63, 3.8) is 0 Å². The zero-order chi connectivity index (χ0) is 13.6. The van der Waals surface area contributed by atoms with Crippen LogP contribution in [0.25, 0.3) is 0 Å². The predicted molar refractivity (Wildman–Crippen MR) is 83.3 cm³/mol. The van der Waals surface area contributed by atoms with Gasteiger partial charge >= 0.3 is 0 Å². The highest BCUT2D eigenvalue weighted by molar-refractivity contribution is 4.86. The summed E-state index contributed by atoms with van der Waals surface area (Å²) < 4.78 is 0. The predicted octanol–water partition coefficient (Wildman–Crippen LogP) is 3.80. The molecule has 2 fully saturated rings. The van der Waals surface area contributed by atoms with E-state index in [1.165, 1.54) is 83.8 Å². The number of hydrogen-bond donors (Lipinski definition) is 1. The van der Waals surface area contributed by atoms with Crippen molar-refractivity contribution < 1.29 is 0 Å². The van der Waals surface area contributed by atoms with Crippen LogP contribution in [0.15, 0.2) is 0 Å². The van der Waals surface area contributed by atoms with Gasteiger partial charge in [0, 0.05) is 6.54 Å². The summed E-state index contributed by atoms with van der Waals surface area (Å²) in [5.41, 5.74) is 6.64. The van der Waals surface area contributed by atoms with Gasteiger partial charge < -0.3 is 10.6 Å². The Balaban J connectivity index is 1.89. The molecule has 1 unspecified atom stereocenters. The fourth-order valence-electron chi connectivity index (χ4n) is 4.17. The van der Waals surface area contributed by atoms with Crippen LogP contribution in [0.5, 0.6) is 0 Å². The van der Waals surface area contributed by atoms with E-state index in [1.807, 2.05) is 0 Å². The number of nitrogens with two attached hydrogens (primary N) is 1. The van der Waals surface area contributed by atoms with E-state index in [0.717, 1.165) is 12.5 Å². The quantitative estimate of drug-likeness (QED) is 0.784. The SMILES string of the molecule is CCC1CCCN(CC2(CN)CCCCCC2)CC1. The molecule has 0 amide bonds. The molecule has 1 aliphatic heterocycles. The smallest absolute Gasteiger partial charge is 0.00501 e. The number of rotatable bonds is 4. The van der Waals surface area contributed by atoms with Gasteiger partial charge in [-0.3, -0.25) is 0 Å². The largest absolute Gasteiger partial charge is 0.330 e. The van der Waals surface area contributed by atoms with E-state index in [4.69, 9.17) is 5.73 Å². The van der Waals surface area contributed by atoms with Crippen molar-refractivity contribution in [1.82, 2.24) is 4.90 Å². The maximum absolute atomic E-state index is 6.19. The first-order chi connectivity index (χ1) is 9.28. The van der Waals surface area contributed by atoms with E-state index < -0.39 is 0 Å². The summed E-state index contributed by atoms with van der Waals surface area (Å²) in [6.07, 6.45) is 14.0. The zero-order valence-corrected chi connectivity index (χ0v) is 13.0. The van der Waals surface area contributed by atoms with E-state index in [-0.39, 0.29) is 0 Å². The van der Waals surface area contributed by atoms with Gasteiger partial charge in [-0.2, -0.15) is 0 Å². The average molecular weight is 266 g/mol. The molecule has 112 valence electrons. The summed E-state index contributed by atoms with van der Waals surface area (Å²) in [7, 11) is 0. The van der Waals surface area contributed by atoms with Crippen LogP contribution < -0.4 is 5.73 Å². The number of hydrogen-bond acceptors (Lipinski definition) is 2. The molecule has 1 aliphatic carbocycles. The molecule has 1 saturated heterocycles. The minimum Gasteiger partial charge on any atom is -0.330 e. The van der Waals surface area contributed by atoms with E-state index in [9.17, 15) is 0 Å². The monoisotopic (exact) mass is 266 g/mol. The Morgan fingerprint density at radius 1 is 1.00 bits per heavy atom. The Kier molecular flexibility index (Phi) is 6.15. The molecule has 2 rings (SSSR count). The number of nitrogens with zero attached hydrogens (tertiary/aromatic N) is 1. The zero-order valence-electron chi connectivity index (χ0n) is 13.0. The van der Waals surface area contributed by atoms with Gasteiger partial charge in [0.15, 0.2) is 0 Å². The Bertz CT molecular complexity index is 244. The summed E-state index contributed by atoms with van der Waals surface area (Å²) in [6.45, 7) is 7.17. The Labute approximate surface area is 120 Å². The summed E-state index contributed by atoms with van der Waals surface area (Å²) in [4.78, 5) is 2.74. The molecule has 1 atom stereocenters. The first-order valence-electron chi connectivity index (χ1n) is 8.70. The molecule has 0 radical (unpaired) electrons. The van der Waals surface area contributed by atoms with Gasteiger partial charge in [-0.05, 0) is 63.1 Å². The van der Waals surface area contributed by atoms with Crippen molar-refractivity contribution in [2.45, 2.75) is 71.1 Å². The average Bonchev–Trinajstić information content (AvgIpc) is 2.80. The second-order valence-electron chi connectivity index (χ2n) is 7.10. The van der Waals surface area contributed by atoms with Gasteiger partial charge in [-0.25, -0.2) is 0 Å². The van der Waals surface area contributed by atoms with Gasteiger partial charge in [0.25, 0.3) is 0 Å². The van der Waals surface area contributed by atoms with Gasteiger partial charge in [-0.15, -0.1) is 0 Å². The van der Waals surface area contributed by atoms with Crippen LogP contribution in [-0.4, -0.2) is 31.1 Å². The Hall–Kier alpha value is -0.0800. The lowest BCUT2D eigenvalue weighted by Gasteiger charge is -2.37. The molecule has 19 heavy (non-hydrogen) atoms. The molecular weight excluding hydrogens is 232 g/mol. The van der Waals surface area contributed by atoms with Crippen molar-refractivity contribution in [2.24, 2.45) is 17.1 Å². The lowest BCUT2D eigenvalue weighted by Crippen LogP contribution is -2.43. The van der Waals surface area contributed by atoms with Gasteiger partial charge in [0.05, 0.1) is 0 Å². The minimum absolute atomic E-state index is 0.447. The molecule has 0 aromatic heterocycles. The first-order valence-corrected chi connectivity index (χ1v) is 8.70. The third-order valence-electron chi connectivity index (χ3n) is 5.67. The molecule has 2 N–H and O–H groups in total. The molecule has 2 nitrogen and oxygen atoms in total. The van der Waals surface area contributed by atoms with Crippen LogP contribution in [0, 0.1) is 11.3 Å². The van der Waals surface area contributed by atoms with Crippen LogP contribution in [0.3, 0.4) is 0 Å². The van der Waals surface area contributed by atoms with Crippen molar-refractivity contribution in [1.29, 1.82) is 0 Å². The van der Waals surface area contributed by atoms with Crippen LogP contribution in [-0.2, 0) is 0 Å². The summed E-state index contributed by atoms with van der Waals surface area (Å²) in [5.74, 6) is 0.980. The fraction of sp³-hybridized carbons (Fsp3) is 1.00. The molecule has 2 heteroatoms. The normalized spacial score (nSPS) is 29.7. The van der Waals surface area contributed by atoms with E-state index in [1.54, 1.807) is 0 Å². The third kappa shape index (κ3) is 4.46. The van der Waals surface area contributed by atoms with Crippen molar-refractivity contribution in [3.05, 3.63) is 0 Å². The van der Waals surface area contributed by atoms with Crippen LogP contribution in [0.4, 0.5) is 0 Å². The molecule has 2 aliphatic rings. The lowest BCUT2D eigenvalue weighted by molar-refractivity contribution is 0.138. The van der Waals surface area contributed by atoms with Crippen molar-refractivity contribution in [2.75, 3.05) is 26.2 Å². The molecule has 0 spiro atoms. The molecule has 1 heterocycles. The summed E-state index contributed by atoms with van der Waals surface area (Å²) in [5, 5.41) is 0. The Morgan fingerprint density at radius 3 is 2.37 bits per heavy atom. The molecular formula is C17H34N2. The fourth-order valence-corrected chi connectivity index (χ4v) is 4.17. The van der Waals surface area contributed by atoms with Gasteiger partial charge in [0.1, 0.15) is 0 Å². The summed E-state index contributed by atoms with van der Waals surface area (Å²) in [6, 6.07) is 0.